The molecule has 1 rings (SSSR count). The van der Waals surface area contributed by atoms with Crippen molar-refractivity contribution in [1.82, 2.24) is 5.32 Å². The molecule has 4 heteroatoms. The van der Waals surface area contributed by atoms with E-state index in [4.69, 9.17) is 5.11 Å². The van der Waals surface area contributed by atoms with E-state index in [2.05, 4.69) is 5.32 Å². The predicted molar refractivity (Wildman–Crippen MR) is 64.6 cm³/mol. The molecule has 0 aromatic heterocycles. The molecule has 1 aromatic carbocycles. The van der Waals surface area contributed by atoms with Crippen LogP contribution in [0.2, 0.25) is 0 Å². The molecule has 1 amide bonds. The number of carboxylic acid groups (broad SMARTS) is 1. The lowest BCUT2D eigenvalue weighted by atomic mass is 10.1. The molecular weight excluding hydrogens is 218 g/mol. The number of aryl methyl sites for hydroxylation is 1. The number of benzene rings is 1. The van der Waals surface area contributed by atoms with Crippen molar-refractivity contribution in [2.24, 2.45) is 0 Å². The molecule has 2 N–H and O–H groups in total. The number of carbonyl (C=O) groups is 2. The molecule has 92 valence electrons. The minimum Gasteiger partial charge on any atom is -0.480 e. The van der Waals surface area contributed by atoms with Gasteiger partial charge in [0, 0.05) is 6.42 Å². The maximum atomic E-state index is 11.5. The molecule has 0 aliphatic heterocycles. The molecule has 0 aliphatic carbocycles. The molecule has 0 spiro atoms. The summed E-state index contributed by atoms with van der Waals surface area (Å²) in [5, 5.41) is 11.3. The Labute approximate surface area is 101 Å². The molecule has 0 heterocycles. The Balaban J connectivity index is 2.37. The first-order valence-electron chi connectivity index (χ1n) is 5.69. The predicted octanol–water partition coefficient (Wildman–Crippen LogP) is 1.60. The van der Waals surface area contributed by atoms with Gasteiger partial charge < -0.3 is 10.4 Å². The molecule has 4 nitrogen and oxygen atoms in total. The van der Waals surface area contributed by atoms with E-state index in [0.29, 0.717) is 19.3 Å². The number of nitrogens with one attached hydrogen (secondary N) is 1. The largest absolute Gasteiger partial charge is 0.480 e. The van der Waals surface area contributed by atoms with Crippen molar-refractivity contribution in [1.29, 1.82) is 0 Å². The minimum atomic E-state index is -0.986. The zero-order valence-corrected chi connectivity index (χ0v) is 9.85. The highest BCUT2D eigenvalue weighted by molar-refractivity contribution is 5.83. The Morgan fingerprint density at radius 2 is 1.94 bits per heavy atom. The Kier molecular flexibility index (Phi) is 5.20. The van der Waals surface area contributed by atoms with E-state index in [1.54, 1.807) is 6.92 Å². The fourth-order valence-corrected chi connectivity index (χ4v) is 1.51. The summed E-state index contributed by atoms with van der Waals surface area (Å²) < 4.78 is 0. The maximum Gasteiger partial charge on any atom is 0.326 e. The van der Waals surface area contributed by atoms with E-state index in [0.717, 1.165) is 5.56 Å². The highest BCUT2D eigenvalue weighted by atomic mass is 16.4. The van der Waals surface area contributed by atoms with E-state index in [-0.39, 0.29) is 5.91 Å². The summed E-state index contributed by atoms with van der Waals surface area (Å²) in [6, 6.07) is 8.86. The number of amides is 1. The SMILES string of the molecule is CC[C@H](NC(=O)CCc1ccccc1)C(=O)O. The van der Waals surface area contributed by atoms with E-state index in [9.17, 15) is 9.59 Å². The molecule has 1 atom stereocenters. The molecule has 17 heavy (non-hydrogen) atoms. The fraction of sp³-hybridized carbons (Fsp3) is 0.385. The number of hydrogen-bond acceptors (Lipinski definition) is 2. The van der Waals surface area contributed by atoms with Crippen LogP contribution >= 0.6 is 0 Å². The summed E-state index contributed by atoms with van der Waals surface area (Å²) in [6.07, 6.45) is 1.34. The van der Waals surface area contributed by atoms with Gasteiger partial charge >= 0.3 is 5.97 Å². The second kappa shape index (κ2) is 6.68. The first kappa shape index (κ1) is 13.2. The molecular formula is C13H17NO3. The zero-order chi connectivity index (χ0) is 12.7. The van der Waals surface area contributed by atoms with Gasteiger partial charge in [0.15, 0.2) is 0 Å². The lowest BCUT2D eigenvalue weighted by Gasteiger charge is -2.11. The van der Waals surface area contributed by atoms with Crippen LogP contribution in [0.5, 0.6) is 0 Å². The quantitative estimate of drug-likeness (QED) is 0.787. The highest BCUT2D eigenvalue weighted by Crippen LogP contribution is 2.02. The van der Waals surface area contributed by atoms with Crippen LogP contribution in [0.25, 0.3) is 0 Å². The van der Waals surface area contributed by atoms with Crippen LogP contribution < -0.4 is 5.32 Å². The van der Waals surface area contributed by atoms with E-state index in [1.165, 1.54) is 0 Å². The van der Waals surface area contributed by atoms with Crippen molar-refractivity contribution in [2.45, 2.75) is 32.2 Å². The third kappa shape index (κ3) is 4.68. The summed E-state index contributed by atoms with van der Waals surface area (Å²) in [7, 11) is 0. The van der Waals surface area contributed by atoms with Gasteiger partial charge in [-0.1, -0.05) is 37.3 Å². The van der Waals surface area contributed by atoms with Crippen molar-refractivity contribution < 1.29 is 14.7 Å². The molecule has 0 unspecified atom stereocenters. The maximum absolute atomic E-state index is 11.5. The number of hydrogen-bond donors (Lipinski definition) is 2. The van der Waals surface area contributed by atoms with Crippen LogP contribution in [0.15, 0.2) is 30.3 Å². The Hall–Kier alpha value is -1.84. The van der Waals surface area contributed by atoms with E-state index in [1.807, 2.05) is 30.3 Å². The second-order valence-corrected chi connectivity index (χ2v) is 3.85. The molecule has 0 fully saturated rings. The molecule has 0 radical (unpaired) electrons. The van der Waals surface area contributed by atoms with Gasteiger partial charge in [0.05, 0.1) is 0 Å². The first-order chi connectivity index (χ1) is 8.13. The van der Waals surface area contributed by atoms with Crippen molar-refractivity contribution in [3.8, 4) is 0 Å². The van der Waals surface area contributed by atoms with Crippen molar-refractivity contribution in [2.75, 3.05) is 0 Å². The van der Waals surface area contributed by atoms with E-state index < -0.39 is 12.0 Å². The van der Waals surface area contributed by atoms with Crippen LogP contribution in [0, 0.1) is 0 Å². The summed E-state index contributed by atoms with van der Waals surface area (Å²) in [4.78, 5) is 22.2. The van der Waals surface area contributed by atoms with Crippen LogP contribution in [0.3, 0.4) is 0 Å². The van der Waals surface area contributed by atoms with E-state index >= 15 is 0 Å². The van der Waals surface area contributed by atoms with Crippen molar-refractivity contribution in [3.05, 3.63) is 35.9 Å². The van der Waals surface area contributed by atoms with Gasteiger partial charge in [0.2, 0.25) is 5.91 Å². The smallest absolute Gasteiger partial charge is 0.326 e. The van der Waals surface area contributed by atoms with Gasteiger partial charge in [-0.25, -0.2) is 4.79 Å². The van der Waals surface area contributed by atoms with Gasteiger partial charge in [-0.2, -0.15) is 0 Å². The Morgan fingerprint density at radius 3 is 2.47 bits per heavy atom. The number of carbonyl (C=O) groups excluding carboxylic acids is 1. The Bertz CT molecular complexity index is 376. The third-order valence-corrected chi connectivity index (χ3v) is 2.53. The normalized spacial score (nSPS) is 11.8. The number of carboxylic acids is 1. The topological polar surface area (TPSA) is 66.4 Å². The van der Waals surface area contributed by atoms with Crippen LogP contribution in [-0.2, 0) is 16.0 Å². The average Bonchev–Trinajstić information content (AvgIpc) is 2.34. The van der Waals surface area contributed by atoms with Crippen molar-refractivity contribution >= 4 is 11.9 Å². The van der Waals surface area contributed by atoms with Crippen LogP contribution in [0.4, 0.5) is 0 Å². The lowest BCUT2D eigenvalue weighted by molar-refractivity contribution is -0.141. The average molecular weight is 235 g/mol. The summed E-state index contributed by atoms with van der Waals surface area (Å²) in [6.45, 7) is 1.73. The summed E-state index contributed by atoms with van der Waals surface area (Å²) in [5.74, 6) is -1.20. The molecule has 0 bridgehead atoms. The van der Waals surface area contributed by atoms with Gasteiger partial charge in [0.25, 0.3) is 0 Å². The summed E-state index contributed by atoms with van der Waals surface area (Å²) in [5.41, 5.74) is 1.08. The summed E-state index contributed by atoms with van der Waals surface area (Å²) >= 11 is 0. The Morgan fingerprint density at radius 1 is 1.29 bits per heavy atom. The molecule has 0 saturated heterocycles. The molecule has 1 aromatic rings. The molecule has 0 saturated carbocycles. The number of aliphatic carboxylic acids is 1. The second-order valence-electron chi connectivity index (χ2n) is 3.85. The monoisotopic (exact) mass is 235 g/mol. The van der Waals surface area contributed by atoms with Gasteiger partial charge in [0.1, 0.15) is 6.04 Å². The van der Waals surface area contributed by atoms with Gasteiger partial charge in [-0.3, -0.25) is 4.79 Å². The zero-order valence-electron chi connectivity index (χ0n) is 9.85. The molecule has 0 aliphatic rings. The highest BCUT2D eigenvalue weighted by Gasteiger charge is 2.16. The minimum absolute atomic E-state index is 0.219. The fourth-order valence-electron chi connectivity index (χ4n) is 1.51. The van der Waals surface area contributed by atoms with Crippen molar-refractivity contribution in [3.63, 3.8) is 0 Å². The van der Waals surface area contributed by atoms with Gasteiger partial charge in [-0.15, -0.1) is 0 Å². The van der Waals surface area contributed by atoms with Crippen LogP contribution in [0.1, 0.15) is 25.3 Å². The standard InChI is InChI=1S/C13H17NO3/c1-2-11(13(16)17)14-12(15)9-8-10-6-4-3-5-7-10/h3-7,11H,2,8-9H2,1H3,(H,14,15)(H,16,17)/t11-/m0/s1. The lowest BCUT2D eigenvalue weighted by Crippen LogP contribution is -2.40. The number of rotatable bonds is 6. The third-order valence-electron chi connectivity index (χ3n) is 2.53. The first-order valence-corrected chi connectivity index (χ1v) is 5.69. The van der Waals surface area contributed by atoms with Crippen LogP contribution in [-0.4, -0.2) is 23.0 Å². The van der Waals surface area contributed by atoms with Gasteiger partial charge in [-0.05, 0) is 18.4 Å².